The molecular formula is C25H27N3O2S. The number of nitrogens with one attached hydrogen (secondary N) is 1. The fourth-order valence-electron chi connectivity index (χ4n) is 3.19. The van der Waals surface area contributed by atoms with E-state index in [0.29, 0.717) is 18.8 Å². The van der Waals surface area contributed by atoms with E-state index >= 15 is 0 Å². The number of thiophene rings is 1. The molecule has 5 nitrogen and oxygen atoms in total. The number of hydrogen-bond donors (Lipinski definition) is 1. The quantitative estimate of drug-likeness (QED) is 0.465. The van der Waals surface area contributed by atoms with Crippen LogP contribution in [0.3, 0.4) is 0 Å². The van der Waals surface area contributed by atoms with Crippen LogP contribution in [0.1, 0.15) is 16.0 Å². The summed E-state index contributed by atoms with van der Waals surface area (Å²) in [6.07, 6.45) is 1.63. The van der Waals surface area contributed by atoms with Crippen LogP contribution in [0.4, 0.5) is 10.5 Å². The lowest BCUT2D eigenvalue weighted by atomic mass is 10.2. The van der Waals surface area contributed by atoms with Crippen LogP contribution in [0.25, 0.3) is 0 Å². The van der Waals surface area contributed by atoms with Gasteiger partial charge in [0.05, 0.1) is 6.54 Å². The molecule has 0 aliphatic heterocycles. The van der Waals surface area contributed by atoms with E-state index in [9.17, 15) is 9.59 Å². The first-order chi connectivity index (χ1) is 15.0. The average molecular weight is 434 g/mol. The van der Waals surface area contributed by atoms with Crippen molar-refractivity contribution in [2.75, 3.05) is 18.4 Å². The van der Waals surface area contributed by atoms with Crippen molar-refractivity contribution in [1.82, 2.24) is 9.80 Å². The molecule has 6 heteroatoms. The highest BCUT2D eigenvalue weighted by atomic mass is 32.1. The molecule has 0 saturated carbocycles. The zero-order chi connectivity index (χ0) is 22.1. The third-order valence-corrected chi connectivity index (χ3v) is 5.59. The Kier molecular flexibility index (Phi) is 8.01. The Morgan fingerprint density at radius 2 is 1.81 bits per heavy atom. The highest BCUT2D eigenvalue weighted by Gasteiger charge is 2.21. The van der Waals surface area contributed by atoms with Gasteiger partial charge in [0.25, 0.3) is 0 Å². The van der Waals surface area contributed by atoms with Crippen molar-refractivity contribution >= 4 is 29.0 Å². The van der Waals surface area contributed by atoms with Gasteiger partial charge in [0.2, 0.25) is 5.91 Å². The monoisotopic (exact) mass is 433 g/mol. The minimum absolute atomic E-state index is 0.0259. The number of amides is 3. The number of rotatable bonds is 9. The van der Waals surface area contributed by atoms with Gasteiger partial charge >= 0.3 is 6.03 Å². The summed E-state index contributed by atoms with van der Waals surface area (Å²) in [5.41, 5.74) is 2.80. The first-order valence-corrected chi connectivity index (χ1v) is 11.0. The number of urea groups is 1. The maximum absolute atomic E-state index is 13.2. The number of carbonyl (C=O) groups excluding carboxylic acids is 2. The summed E-state index contributed by atoms with van der Waals surface area (Å²) in [6.45, 7) is 6.95. The van der Waals surface area contributed by atoms with Crippen LogP contribution >= 0.6 is 11.3 Å². The molecule has 160 valence electrons. The van der Waals surface area contributed by atoms with Crippen molar-refractivity contribution in [2.24, 2.45) is 0 Å². The van der Waals surface area contributed by atoms with E-state index in [1.807, 2.05) is 79.0 Å². The van der Waals surface area contributed by atoms with Gasteiger partial charge in [0.1, 0.15) is 6.54 Å². The lowest BCUT2D eigenvalue weighted by molar-refractivity contribution is -0.132. The highest BCUT2D eigenvalue weighted by molar-refractivity contribution is 7.09. The number of anilines is 1. The first kappa shape index (κ1) is 22.3. The molecule has 0 spiro atoms. The Hall–Kier alpha value is -3.38. The Bertz CT molecular complexity index is 1000. The lowest BCUT2D eigenvalue weighted by Crippen LogP contribution is -2.44. The minimum atomic E-state index is -0.324. The number of carbonyl (C=O) groups is 2. The highest BCUT2D eigenvalue weighted by Crippen LogP contribution is 2.16. The second kappa shape index (κ2) is 11.1. The van der Waals surface area contributed by atoms with Crippen LogP contribution in [0, 0.1) is 6.92 Å². The van der Waals surface area contributed by atoms with Gasteiger partial charge in [-0.25, -0.2) is 4.79 Å². The summed E-state index contributed by atoms with van der Waals surface area (Å²) in [5, 5.41) is 4.88. The van der Waals surface area contributed by atoms with Crippen molar-refractivity contribution in [3.8, 4) is 0 Å². The van der Waals surface area contributed by atoms with Gasteiger partial charge in [-0.3, -0.25) is 4.79 Å². The van der Waals surface area contributed by atoms with Crippen LogP contribution in [0.2, 0.25) is 0 Å². The molecule has 1 heterocycles. The molecule has 0 aliphatic carbocycles. The summed E-state index contributed by atoms with van der Waals surface area (Å²) in [6, 6.07) is 21.1. The molecule has 0 fully saturated rings. The van der Waals surface area contributed by atoms with Crippen LogP contribution in [-0.4, -0.2) is 34.8 Å². The van der Waals surface area contributed by atoms with Crippen LogP contribution in [-0.2, 0) is 17.9 Å². The van der Waals surface area contributed by atoms with Crippen LogP contribution in [0.5, 0.6) is 0 Å². The number of nitrogens with zero attached hydrogens (tertiary/aromatic N) is 2. The van der Waals surface area contributed by atoms with E-state index in [2.05, 4.69) is 11.9 Å². The SMILES string of the molecule is C=CCN(CC(=O)N(Cc1ccccc1)Cc1cccs1)C(=O)Nc1cccc(C)c1. The van der Waals surface area contributed by atoms with Crippen molar-refractivity contribution in [3.05, 3.63) is 101 Å². The van der Waals surface area contributed by atoms with E-state index in [1.54, 1.807) is 22.3 Å². The average Bonchev–Trinajstić information content (AvgIpc) is 3.27. The van der Waals surface area contributed by atoms with Crippen molar-refractivity contribution in [3.63, 3.8) is 0 Å². The molecule has 31 heavy (non-hydrogen) atoms. The van der Waals surface area contributed by atoms with E-state index in [1.165, 1.54) is 4.90 Å². The second-order valence-corrected chi connectivity index (χ2v) is 8.32. The van der Waals surface area contributed by atoms with Gasteiger partial charge in [-0.15, -0.1) is 17.9 Å². The van der Waals surface area contributed by atoms with E-state index in [0.717, 1.165) is 16.0 Å². The molecular weight excluding hydrogens is 406 g/mol. The number of benzene rings is 2. The predicted molar refractivity (Wildman–Crippen MR) is 127 cm³/mol. The summed E-state index contributed by atoms with van der Waals surface area (Å²) in [4.78, 5) is 30.5. The molecule has 0 radical (unpaired) electrons. The molecule has 3 amide bonds. The Morgan fingerprint density at radius 1 is 1.00 bits per heavy atom. The van der Waals surface area contributed by atoms with Gasteiger partial charge in [-0.1, -0.05) is 54.6 Å². The van der Waals surface area contributed by atoms with Crippen molar-refractivity contribution in [2.45, 2.75) is 20.0 Å². The Labute approximate surface area is 187 Å². The van der Waals surface area contributed by atoms with E-state index < -0.39 is 0 Å². The number of aryl methyl sites for hydroxylation is 1. The summed E-state index contributed by atoms with van der Waals surface area (Å²) >= 11 is 1.61. The van der Waals surface area contributed by atoms with Gasteiger partial charge in [-0.05, 0) is 41.6 Å². The topological polar surface area (TPSA) is 52.7 Å². The third-order valence-electron chi connectivity index (χ3n) is 4.73. The van der Waals surface area contributed by atoms with Crippen molar-refractivity contribution in [1.29, 1.82) is 0 Å². The molecule has 0 atom stereocenters. The molecule has 3 aromatic rings. The maximum atomic E-state index is 13.2. The van der Waals surface area contributed by atoms with E-state index in [-0.39, 0.29) is 25.0 Å². The molecule has 2 aromatic carbocycles. The summed E-state index contributed by atoms with van der Waals surface area (Å²) < 4.78 is 0. The normalized spacial score (nSPS) is 10.4. The van der Waals surface area contributed by atoms with Gasteiger partial charge in [0, 0.05) is 23.7 Å². The molecule has 0 unspecified atom stereocenters. The standard InChI is InChI=1S/C25H27N3O2S/c1-3-14-27(25(30)26-22-12-7-9-20(2)16-22)19-24(29)28(18-23-13-8-15-31-23)17-21-10-5-4-6-11-21/h3-13,15-16H,1,14,17-19H2,2H3,(H,26,30). The Balaban J connectivity index is 1.72. The fourth-order valence-corrected chi connectivity index (χ4v) is 3.91. The molecule has 0 bridgehead atoms. The molecule has 0 aliphatic rings. The maximum Gasteiger partial charge on any atom is 0.322 e. The summed E-state index contributed by atoms with van der Waals surface area (Å²) in [7, 11) is 0. The fraction of sp³-hybridized carbons (Fsp3) is 0.200. The number of hydrogen-bond acceptors (Lipinski definition) is 3. The van der Waals surface area contributed by atoms with E-state index in [4.69, 9.17) is 0 Å². The largest absolute Gasteiger partial charge is 0.332 e. The third kappa shape index (κ3) is 6.83. The zero-order valence-electron chi connectivity index (χ0n) is 17.7. The van der Waals surface area contributed by atoms with Gasteiger partial charge in [-0.2, -0.15) is 0 Å². The second-order valence-electron chi connectivity index (χ2n) is 7.28. The Morgan fingerprint density at radius 3 is 2.48 bits per heavy atom. The smallest absolute Gasteiger partial charge is 0.322 e. The zero-order valence-corrected chi connectivity index (χ0v) is 18.5. The first-order valence-electron chi connectivity index (χ1n) is 10.1. The van der Waals surface area contributed by atoms with Gasteiger partial charge in [0.15, 0.2) is 0 Å². The van der Waals surface area contributed by atoms with Crippen molar-refractivity contribution < 1.29 is 9.59 Å². The molecule has 0 saturated heterocycles. The minimum Gasteiger partial charge on any atom is -0.332 e. The molecule has 3 rings (SSSR count). The van der Waals surface area contributed by atoms with Crippen LogP contribution < -0.4 is 5.32 Å². The van der Waals surface area contributed by atoms with Crippen LogP contribution in [0.15, 0.2) is 84.8 Å². The predicted octanol–water partition coefficient (Wildman–Crippen LogP) is 5.31. The molecule has 1 N–H and O–H groups in total. The summed E-state index contributed by atoms with van der Waals surface area (Å²) in [5.74, 6) is -0.113. The van der Waals surface area contributed by atoms with Gasteiger partial charge < -0.3 is 15.1 Å². The molecule has 1 aromatic heterocycles. The lowest BCUT2D eigenvalue weighted by Gasteiger charge is -2.27.